The third-order valence-electron chi connectivity index (χ3n) is 2.39. The van der Waals surface area contributed by atoms with Crippen LogP contribution in [-0.4, -0.2) is 40.0 Å². The van der Waals surface area contributed by atoms with Crippen molar-refractivity contribution in [3.63, 3.8) is 0 Å². The predicted molar refractivity (Wildman–Crippen MR) is 62.8 cm³/mol. The topological polar surface area (TPSA) is 70.4 Å². The van der Waals surface area contributed by atoms with Crippen LogP contribution in [0.4, 0.5) is 4.39 Å². The van der Waals surface area contributed by atoms with Crippen LogP contribution in [0.5, 0.6) is 0 Å². The van der Waals surface area contributed by atoms with Crippen molar-refractivity contribution >= 4 is 10.0 Å². The smallest absolute Gasteiger partial charge is 0.244 e. The summed E-state index contributed by atoms with van der Waals surface area (Å²) in [6.07, 6.45) is 0. The van der Waals surface area contributed by atoms with Gasteiger partial charge in [-0.1, -0.05) is 6.07 Å². The van der Waals surface area contributed by atoms with Crippen molar-refractivity contribution in [2.24, 2.45) is 0 Å². The second kappa shape index (κ2) is 5.91. The first-order valence-electron chi connectivity index (χ1n) is 5.09. The molecule has 0 aromatic heterocycles. The molecular weight excluding hydrogens is 259 g/mol. The van der Waals surface area contributed by atoms with Crippen LogP contribution in [0.15, 0.2) is 23.1 Å². The number of ether oxygens (including phenoxy) is 1. The molecule has 0 aliphatic heterocycles. The summed E-state index contributed by atoms with van der Waals surface area (Å²) in [6, 6.07) is 5.08. The van der Waals surface area contributed by atoms with Gasteiger partial charge in [-0.25, -0.2) is 12.8 Å². The molecule has 0 saturated carbocycles. The minimum absolute atomic E-state index is 0.125. The fraction of sp³-hybridized carbons (Fsp3) is 0.364. The molecular formula is C11H13FN2O3S. The molecule has 1 rings (SSSR count). The van der Waals surface area contributed by atoms with Crippen LogP contribution >= 0.6 is 0 Å². The molecule has 0 radical (unpaired) electrons. The SMILES string of the molecule is COCCN(C)S(=O)(=O)c1cccc(F)c1C#N. The number of rotatable bonds is 5. The Morgan fingerprint density at radius 3 is 2.72 bits per heavy atom. The van der Waals surface area contributed by atoms with Gasteiger partial charge in [0.15, 0.2) is 0 Å². The first-order chi connectivity index (χ1) is 8.45. The number of benzene rings is 1. The van der Waals surface area contributed by atoms with Gasteiger partial charge in [-0.05, 0) is 12.1 Å². The van der Waals surface area contributed by atoms with E-state index in [2.05, 4.69) is 0 Å². The van der Waals surface area contributed by atoms with Gasteiger partial charge in [0.2, 0.25) is 10.0 Å². The summed E-state index contributed by atoms with van der Waals surface area (Å²) in [5.74, 6) is -0.848. The van der Waals surface area contributed by atoms with Crippen molar-refractivity contribution in [1.29, 1.82) is 5.26 Å². The van der Waals surface area contributed by atoms with Gasteiger partial charge in [0, 0.05) is 20.7 Å². The van der Waals surface area contributed by atoms with Crippen molar-refractivity contribution in [2.75, 3.05) is 27.3 Å². The first-order valence-corrected chi connectivity index (χ1v) is 6.53. The van der Waals surface area contributed by atoms with Gasteiger partial charge in [0.1, 0.15) is 22.3 Å². The van der Waals surface area contributed by atoms with Crippen molar-refractivity contribution < 1.29 is 17.5 Å². The highest BCUT2D eigenvalue weighted by Crippen LogP contribution is 2.20. The van der Waals surface area contributed by atoms with Crippen LogP contribution in [0.2, 0.25) is 0 Å². The van der Waals surface area contributed by atoms with E-state index in [0.717, 1.165) is 10.4 Å². The summed E-state index contributed by atoms with van der Waals surface area (Å²) in [6.45, 7) is 0.340. The van der Waals surface area contributed by atoms with E-state index in [-0.39, 0.29) is 18.0 Å². The maximum Gasteiger partial charge on any atom is 0.244 e. The van der Waals surface area contributed by atoms with Crippen LogP contribution in [0.1, 0.15) is 5.56 Å². The Balaban J connectivity index is 3.21. The van der Waals surface area contributed by atoms with Gasteiger partial charge < -0.3 is 4.74 Å². The highest BCUT2D eigenvalue weighted by atomic mass is 32.2. The summed E-state index contributed by atoms with van der Waals surface area (Å²) >= 11 is 0. The molecule has 0 N–H and O–H groups in total. The molecule has 0 fully saturated rings. The standard InChI is InChI=1S/C11H13FN2O3S/c1-14(6-7-17-2)18(15,16)11-5-3-4-10(12)9(11)8-13/h3-5H,6-7H2,1-2H3. The molecule has 0 amide bonds. The summed E-state index contributed by atoms with van der Waals surface area (Å²) in [4.78, 5) is -0.330. The fourth-order valence-electron chi connectivity index (χ4n) is 1.34. The van der Waals surface area contributed by atoms with E-state index in [9.17, 15) is 12.8 Å². The number of sulfonamides is 1. The molecule has 18 heavy (non-hydrogen) atoms. The Hall–Kier alpha value is -1.49. The minimum atomic E-state index is -3.89. The number of halogens is 1. The van der Waals surface area contributed by atoms with E-state index in [1.165, 1.54) is 26.3 Å². The lowest BCUT2D eigenvalue weighted by Crippen LogP contribution is -2.30. The molecule has 7 heteroatoms. The molecule has 0 aliphatic carbocycles. The van der Waals surface area contributed by atoms with E-state index in [0.29, 0.717) is 0 Å². The van der Waals surface area contributed by atoms with Crippen LogP contribution in [0.25, 0.3) is 0 Å². The summed E-state index contributed by atoms with van der Waals surface area (Å²) in [5, 5.41) is 8.82. The average Bonchev–Trinajstić information content (AvgIpc) is 2.35. The summed E-state index contributed by atoms with van der Waals surface area (Å²) < 4.78 is 43.4. The predicted octanol–water partition coefficient (Wildman–Crippen LogP) is 0.964. The van der Waals surface area contributed by atoms with Gasteiger partial charge in [0.05, 0.1) is 6.61 Å². The molecule has 1 aromatic rings. The minimum Gasteiger partial charge on any atom is -0.383 e. The molecule has 0 spiro atoms. The second-order valence-corrected chi connectivity index (χ2v) is 5.56. The van der Waals surface area contributed by atoms with Crippen LogP contribution in [0, 0.1) is 17.1 Å². The Labute approximate surface area is 105 Å². The zero-order valence-corrected chi connectivity index (χ0v) is 10.9. The molecule has 98 valence electrons. The van der Waals surface area contributed by atoms with Crippen LogP contribution in [-0.2, 0) is 14.8 Å². The normalized spacial score (nSPS) is 11.5. The first kappa shape index (κ1) is 14.6. The fourth-order valence-corrected chi connectivity index (χ4v) is 2.64. The molecule has 1 aromatic carbocycles. The second-order valence-electron chi connectivity index (χ2n) is 3.54. The van der Waals surface area contributed by atoms with Gasteiger partial charge in [0.25, 0.3) is 0 Å². The third kappa shape index (κ3) is 2.85. The number of methoxy groups -OCH3 is 1. The Morgan fingerprint density at radius 1 is 1.50 bits per heavy atom. The molecule has 5 nitrogen and oxygen atoms in total. The summed E-state index contributed by atoms with van der Waals surface area (Å²) in [7, 11) is -1.09. The van der Waals surface area contributed by atoms with Crippen molar-refractivity contribution in [3.05, 3.63) is 29.6 Å². The van der Waals surface area contributed by atoms with Gasteiger partial charge in [-0.3, -0.25) is 0 Å². The average molecular weight is 272 g/mol. The maximum absolute atomic E-state index is 13.4. The number of likely N-dealkylation sites (N-methyl/N-ethyl adjacent to an activating group) is 1. The lowest BCUT2D eigenvalue weighted by Gasteiger charge is -2.17. The Morgan fingerprint density at radius 2 is 2.17 bits per heavy atom. The lowest BCUT2D eigenvalue weighted by atomic mass is 10.2. The van der Waals surface area contributed by atoms with E-state index < -0.39 is 21.4 Å². The third-order valence-corrected chi connectivity index (χ3v) is 4.28. The molecule has 0 aliphatic rings. The largest absolute Gasteiger partial charge is 0.383 e. The van der Waals surface area contributed by atoms with Gasteiger partial charge in [-0.15, -0.1) is 0 Å². The number of nitriles is 1. The molecule has 0 bridgehead atoms. The Bertz CT molecular complexity index is 566. The highest BCUT2D eigenvalue weighted by Gasteiger charge is 2.25. The quantitative estimate of drug-likeness (QED) is 0.800. The number of nitrogens with zero attached hydrogens (tertiary/aromatic N) is 2. The lowest BCUT2D eigenvalue weighted by molar-refractivity contribution is 0.185. The highest BCUT2D eigenvalue weighted by molar-refractivity contribution is 7.89. The molecule has 0 saturated heterocycles. The molecule has 0 atom stereocenters. The van der Waals surface area contributed by atoms with Crippen molar-refractivity contribution in [1.82, 2.24) is 4.31 Å². The zero-order chi connectivity index (χ0) is 13.8. The van der Waals surface area contributed by atoms with Crippen LogP contribution < -0.4 is 0 Å². The maximum atomic E-state index is 13.4. The van der Waals surface area contributed by atoms with E-state index in [4.69, 9.17) is 10.00 Å². The van der Waals surface area contributed by atoms with Crippen molar-refractivity contribution in [3.8, 4) is 6.07 Å². The number of hydrogen-bond acceptors (Lipinski definition) is 4. The molecule has 0 heterocycles. The van der Waals surface area contributed by atoms with Crippen molar-refractivity contribution in [2.45, 2.75) is 4.90 Å². The van der Waals surface area contributed by atoms with E-state index in [1.807, 2.05) is 0 Å². The monoisotopic (exact) mass is 272 g/mol. The zero-order valence-electron chi connectivity index (χ0n) is 10.1. The number of hydrogen-bond donors (Lipinski definition) is 0. The van der Waals surface area contributed by atoms with E-state index in [1.54, 1.807) is 6.07 Å². The summed E-state index contributed by atoms with van der Waals surface area (Å²) in [5.41, 5.74) is -0.471. The van der Waals surface area contributed by atoms with Gasteiger partial charge >= 0.3 is 0 Å². The van der Waals surface area contributed by atoms with E-state index >= 15 is 0 Å². The van der Waals surface area contributed by atoms with Crippen LogP contribution in [0.3, 0.4) is 0 Å². The molecule has 0 unspecified atom stereocenters. The van der Waals surface area contributed by atoms with Gasteiger partial charge in [-0.2, -0.15) is 9.57 Å². The Kier molecular flexibility index (Phi) is 4.78.